The van der Waals surface area contributed by atoms with Gasteiger partial charge in [-0.15, -0.1) is 24.2 Å². The lowest BCUT2D eigenvalue weighted by Crippen LogP contribution is -2.16. The van der Waals surface area contributed by atoms with E-state index in [2.05, 4.69) is 16.4 Å². The van der Waals surface area contributed by atoms with Crippen molar-refractivity contribution in [1.29, 1.82) is 0 Å². The number of thioether (sulfide) groups is 1. The molecule has 3 rings (SSSR count). The Hall–Kier alpha value is -1.72. The van der Waals surface area contributed by atoms with E-state index >= 15 is 0 Å². The molecular formula is C18H22ClN3OS. The molecule has 24 heavy (non-hydrogen) atoms. The molecule has 1 aromatic carbocycles. The quantitative estimate of drug-likeness (QED) is 0.830. The molecule has 2 aromatic rings. The van der Waals surface area contributed by atoms with Crippen LogP contribution in [-0.4, -0.2) is 16.1 Å². The fraction of sp³-hybridized carbons (Fsp3) is 0.333. The van der Waals surface area contributed by atoms with Crippen LogP contribution in [0.25, 0.3) is 0 Å². The number of amides is 1. The lowest BCUT2D eigenvalue weighted by atomic mass is 10.2. The molecule has 1 amide bonds. The number of nitrogens with zero attached hydrogens (tertiary/aromatic N) is 1. The third-order valence-corrected chi connectivity index (χ3v) is 5.36. The Morgan fingerprint density at radius 2 is 1.96 bits per heavy atom. The maximum absolute atomic E-state index is 12.3. The minimum Gasteiger partial charge on any atom is -0.397 e. The van der Waals surface area contributed by atoms with Crippen molar-refractivity contribution < 1.29 is 4.79 Å². The summed E-state index contributed by atoms with van der Waals surface area (Å²) < 4.78 is 0. The summed E-state index contributed by atoms with van der Waals surface area (Å²) in [7, 11) is 0. The first kappa shape index (κ1) is 18.6. The highest BCUT2D eigenvalue weighted by molar-refractivity contribution is 8.00. The number of para-hydroxylation sites is 1. The van der Waals surface area contributed by atoms with Crippen molar-refractivity contribution in [3.05, 3.63) is 48.3 Å². The van der Waals surface area contributed by atoms with Crippen LogP contribution < -0.4 is 11.1 Å². The molecule has 1 aliphatic rings. The summed E-state index contributed by atoms with van der Waals surface area (Å²) in [5, 5.41) is 3.69. The molecular weight excluding hydrogens is 342 g/mol. The van der Waals surface area contributed by atoms with E-state index in [9.17, 15) is 4.79 Å². The van der Waals surface area contributed by atoms with E-state index in [1.807, 2.05) is 30.0 Å². The number of nitrogen functional groups attached to an aromatic ring is 1. The summed E-state index contributed by atoms with van der Waals surface area (Å²) >= 11 is 1.88. The van der Waals surface area contributed by atoms with E-state index in [1.54, 1.807) is 18.3 Å². The number of aromatic nitrogens is 1. The number of hydrogen-bond acceptors (Lipinski definition) is 4. The molecule has 0 radical (unpaired) electrons. The zero-order chi connectivity index (χ0) is 16.1. The number of nitrogens with two attached hydrogens (primary N) is 1. The number of carbonyl (C=O) groups excluding carboxylic acids is 1. The van der Waals surface area contributed by atoms with Crippen molar-refractivity contribution in [3.8, 4) is 0 Å². The first-order chi connectivity index (χ1) is 11.2. The van der Waals surface area contributed by atoms with Gasteiger partial charge in [-0.3, -0.25) is 9.78 Å². The molecule has 1 aliphatic carbocycles. The van der Waals surface area contributed by atoms with E-state index in [4.69, 9.17) is 5.73 Å². The smallest absolute Gasteiger partial charge is 0.230 e. The van der Waals surface area contributed by atoms with Crippen molar-refractivity contribution in [2.45, 2.75) is 42.2 Å². The number of carbonyl (C=O) groups is 1. The monoisotopic (exact) mass is 363 g/mol. The van der Waals surface area contributed by atoms with Crippen LogP contribution >= 0.6 is 24.2 Å². The fourth-order valence-corrected chi connectivity index (χ4v) is 4.09. The molecule has 0 atom stereocenters. The Morgan fingerprint density at radius 3 is 2.67 bits per heavy atom. The predicted molar refractivity (Wildman–Crippen MR) is 103 cm³/mol. The van der Waals surface area contributed by atoms with Gasteiger partial charge in [-0.05, 0) is 37.1 Å². The van der Waals surface area contributed by atoms with Gasteiger partial charge in [0.2, 0.25) is 5.91 Å². The summed E-state index contributed by atoms with van der Waals surface area (Å²) in [6, 6.07) is 11.6. The average molecular weight is 364 g/mol. The molecule has 3 N–H and O–H groups in total. The highest BCUT2D eigenvalue weighted by Gasteiger charge is 2.18. The standard InChI is InChI=1S/C18H21N3OS.ClH/c19-13-9-10-14(20-12-13)11-18(22)21-16-7-3-4-8-17(16)23-15-5-1-2-6-15;/h3-4,7-10,12,15H,1-2,5-6,11,19H2,(H,21,22);1H. The summed E-state index contributed by atoms with van der Waals surface area (Å²) in [5.74, 6) is -0.0539. The van der Waals surface area contributed by atoms with Gasteiger partial charge in [-0.1, -0.05) is 25.0 Å². The van der Waals surface area contributed by atoms with Crippen molar-refractivity contribution in [2.75, 3.05) is 11.1 Å². The highest BCUT2D eigenvalue weighted by atomic mass is 35.5. The Kier molecular flexibility index (Phi) is 6.94. The third-order valence-electron chi connectivity index (χ3n) is 3.95. The lowest BCUT2D eigenvalue weighted by Gasteiger charge is -2.14. The number of anilines is 2. The third kappa shape index (κ3) is 5.14. The van der Waals surface area contributed by atoms with E-state index in [0.717, 1.165) is 16.3 Å². The van der Waals surface area contributed by atoms with E-state index < -0.39 is 0 Å². The minimum atomic E-state index is -0.0539. The van der Waals surface area contributed by atoms with E-state index in [1.165, 1.54) is 25.7 Å². The van der Waals surface area contributed by atoms with E-state index in [0.29, 0.717) is 10.9 Å². The maximum atomic E-state index is 12.3. The second-order valence-corrected chi connectivity index (χ2v) is 7.17. The molecule has 1 aromatic heterocycles. The van der Waals surface area contributed by atoms with Gasteiger partial charge in [0.05, 0.1) is 24.0 Å². The van der Waals surface area contributed by atoms with Gasteiger partial charge in [0.15, 0.2) is 0 Å². The lowest BCUT2D eigenvalue weighted by molar-refractivity contribution is -0.115. The first-order valence-corrected chi connectivity index (χ1v) is 8.84. The topological polar surface area (TPSA) is 68.0 Å². The summed E-state index contributed by atoms with van der Waals surface area (Å²) in [6.45, 7) is 0. The predicted octanol–water partition coefficient (Wildman–Crippen LogP) is 4.30. The van der Waals surface area contributed by atoms with Crippen molar-refractivity contribution in [1.82, 2.24) is 4.98 Å². The Labute approximate surface area is 153 Å². The van der Waals surface area contributed by atoms with Crippen LogP contribution in [0.4, 0.5) is 11.4 Å². The second kappa shape index (κ2) is 8.94. The number of pyridine rings is 1. The number of halogens is 1. The van der Waals surface area contributed by atoms with Crippen LogP contribution in [0.1, 0.15) is 31.4 Å². The average Bonchev–Trinajstić information content (AvgIpc) is 3.05. The van der Waals surface area contributed by atoms with Crippen molar-refractivity contribution >= 4 is 41.5 Å². The summed E-state index contributed by atoms with van der Waals surface area (Å²) in [5.41, 5.74) is 7.83. The van der Waals surface area contributed by atoms with Crippen molar-refractivity contribution in [3.63, 3.8) is 0 Å². The SMILES string of the molecule is Cl.Nc1ccc(CC(=O)Nc2ccccc2SC2CCCC2)nc1. The summed E-state index contributed by atoms with van der Waals surface area (Å²) in [4.78, 5) is 17.6. The number of rotatable bonds is 5. The molecule has 0 bridgehead atoms. The molecule has 128 valence electrons. The molecule has 0 unspecified atom stereocenters. The highest BCUT2D eigenvalue weighted by Crippen LogP contribution is 2.37. The Morgan fingerprint density at radius 1 is 1.21 bits per heavy atom. The molecule has 0 spiro atoms. The Balaban J connectivity index is 0.00000208. The number of nitrogens with one attached hydrogen (secondary N) is 1. The van der Waals surface area contributed by atoms with Gasteiger partial charge in [0.1, 0.15) is 0 Å². The van der Waals surface area contributed by atoms with Gasteiger partial charge >= 0.3 is 0 Å². The molecule has 4 nitrogen and oxygen atoms in total. The van der Waals surface area contributed by atoms with Gasteiger partial charge in [-0.2, -0.15) is 0 Å². The molecule has 6 heteroatoms. The number of hydrogen-bond donors (Lipinski definition) is 2. The fourth-order valence-electron chi connectivity index (χ4n) is 2.76. The Bertz CT molecular complexity index is 672. The van der Waals surface area contributed by atoms with Crippen LogP contribution in [0.2, 0.25) is 0 Å². The van der Waals surface area contributed by atoms with Gasteiger partial charge < -0.3 is 11.1 Å². The molecule has 0 aliphatic heterocycles. The van der Waals surface area contributed by atoms with Crippen LogP contribution in [-0.2, 0) is 11.2 Å². The molecule has 1 heterocycles. The zero-order valence-electron chi connectivity index (χ0n) is 13.4. The minimum absolute atomic E-state index is 0. The molecule has 1 fully saturated rings. The maximum Gasteiger partial charge on any atom is 0.230 e. The van der Waals surface area contributed by atoms with Crippen LogP contribution in [0.5, 0.6) is 0 Å². The zero-order valence-corrected chi connectivity index (χ0v) is 15.0. The second-order valence-electron chi connectivity index (χ2n) is 5.83. The van der Waals surface area contributed by atoms with Crippen LogP contribution in [0.15, 0.2) is 47.5 Å². The van der Waals surface area contributed by atoms with Gasteiger partial charge in [0, 0.05) is 15.8 Å². The van der Waals surface area contributed by atoms with Crippen LogP contribution in [0.3, 0.4) is 0 Å². The summed E-state index contributed by atoms with van der Waals surface area (Å²) in [6.07, 6.45) is 6.99. The largest absolute Gasteiger partial charge is 0.397 e. The first-order valence-electron chi connectivity index (χ1n) is 7.96. The normalized spacial score (nSPS) is 14.2. The molecule has 1 saturated carbocycles. The van der Waals surface area contributed by atoms with Gasteiger partial charge in [-0.25, -0.2) is 0 Å². The number of benzene rings is 1. The van der Waals surface area contributed by atoms with Crippen molar-refractivity contribution in [2.24, 2.45) is 0 Å². The molecule has 0 saturated heterocycles. The van der Waals surface area contributed by atoms with E-state index in [-0.39, 0.29) is 24.7 Å². The van der Waals surface area contributed by atoms with Crippen LogP contribution in [0, 0.1) is 0 Å². The van der Waals surface area contributed by atoms with Gasteiger partial charge in [0.25, 0.3) is 0 Å².